The molecular formula is C17H29NOS. The molecule has 0 saturated heterocycles. The highest BCUT2D eigenvalue weighted by Gasteiger charge is 2.19. The summed E-state index contributed by atoms with van der Waals surface area (Å²) in [7, 11) is 0. The minimum atomic E-state index is 0.139. The van der Waals surface area contributed by atoms with E-state index in [1.165, 1.54) is 25.7 Å². The molecule has 0 amide bonds. The van der Waals surface area contributed by atoms with Crippen molar-refractivity contribution >= 4 is 11.8 Å². The molecule has 0 spiro atoms. The summed E-state index contributed by atoms with van der Waals surface area (Å²) in [5, 5.41) is 4.30. The van der Waals surface area contributed by atoms with Crippen LogP contribution < -0.4 is 5.32 Å². The topological polar surface area (TPSA) is 25.2 Å². The number of hydrogen-bond donors (Lipinski definition) is 1. The first-order chi connectivity index (χ1) is 9.42. The number of thioether (sulfide) groups is 1. The molecule has 0 aliphatic heterocycles. The van der Waals surface area contributed by atoms with Crippen LogP contribution in [0.25, 0.3) is 0 Å². The van der Waals surface area contributed by atoms with Crippen molar-refractivity contribution in [2.24, 2.45) is 5.92 Å². The lowest BCUT2D eigenvalue weighted by Crippen LogP contribution is -2.34. The van der Waals surface area contributed by atoms with Crippen LogP contribution in [0.3, 0.4) is 0 Å². The summed E-state index contributed by atoms with van der Waals surface area (Å²) in [4.78, 5) is 0. The van der Waals surface area contributed by atoms with Crippen LogP contribution in [0.5, 0.6) is 0 Å². The molecule has 1 aliphatic rings. The lowest BCUT2D eigenvalue weighted by Gasteiger charge is -2.25. The van der Waals surface area contributed by atoms with Crippen molar-refractivity contribution in [1.29, 1.82) is 0 Å². The smallest absolute Gasteiger partial charge is 0.118 e. The zero-order valence-electron chi connectivity index (χ0n) is 13.4. The van der Waals surface area contributed by atoms with Crippen molar-refractivity contribution in [3.8, 4) is 0 Å². The van der Waals surface area contributed by atoms with Gasteiger partial charge in [-0.2, -0.15) is 11.8 Å². The van der Waals surface area contributed by atoms with Gasteiger partial charge in [0, 0.05) is 10.8 Å². The molecule has 0 bridgehead atoms. The Hall–Kier alpha value is -0.410. The van der Waals surface area contributed by atoms with Crippen LogP contribution in [-0.2, 0) is 12.3 Å². The summed E-state index contributed by atoms with van der Waals surface area (Å²) in [6.45, 7) is 9.73. The molecular weight excluding hydrogens is 266 g/mol. The second kappa shape index (κ2) is 7.04. The predicted octanol–water partition coefficient (Wildman–Crippen LogP) is 4.98. The molecule has 20 heavy (non-hydrogen) atoms. The van der Waals surface area contributed by atoms with Crippen molar-refractivity contribution in [3.05, 3.63) is 23.7 Å². The Morgan fingerprint density at radius 1 is 1.25 bits per heavy atom. The maximum atomic E-state index is 5.91. The second-order valence-corrected chi connectivity index (χ2v) is 8.47. The molecule has 1 heterocycles. The Bertz CT molecular complexity index is 407. The third-order valence-corrected chi connectivity index (χ3v) is 5.21. The zero-order valence-corrected chi connectivity index (χ0v) is 14.2. The first-order valence-electron chi connectivity index (χ1n) is 7.86. The molecule has 2 unspecified atom stereocenters. The van der Waals surface area contributed by atoms with Gasteiger partial charge >= 0.3 is 0 Å². The summed E-state index contributed by atoms with van der Waals surface area (Å²) in [5.41, 5.74) is 0.139. The molecule has 2 atom stereocenters. The Morgan fingerprint density at radius 3 is 2.70 bits per heavy atom. The van der Waals surface area contributed by atoms with Crippen LogP contribution in [0.15, 0.2) is 16.5 Å². The fourth-order valence-electron chi connectivity index (χ4n) is 2.68. The van der Waals surface area contributed by atoms with Crippen LogP contribution in [0.2, 0.25) is 0 Å². The zero-order chi connectivity index (χ0) is 14.6. The van der Waals surface area contributed by atoms with E-state index in [9.17, 15) is 0 Å². The molecule has 1 aromatic rings. The van der Waals surface area contributed by atoms with E-state index in [0.717, 1.165) is 35.0 Å². The number of rotatable bonds is 5. The SMILES string of the molecule is CC1CCCC(SCc2ccc(CNC(C)(C)C)o2)C1. The normalized spacial score (nSPS) is 24.0. The molecule has 1 N–H and O–H groups in total. The lowest BCUT2D eigenvalue weighted by atomic mass is 9.91. The van der Waals surface area contributed by atoms with Gasteiger partial charge in [0.2, 0.25) is 0 Å². The first kappa shape index (κ1) is 16.0. The van der Waals surface area contributed by atoms with Gasteiger partial charge in [-0.05, 0) is 51.7 Å². The van der Waals surface area contributed by atoms with E-state index in [-0.39, 0.29) is 5.54 Å². The number of furan rings is 1. The van der Waals surface area contributed by atoms with Crippen LogP contribution in [-0.4, -0.2) is 10.8 Å². The third kappa shape index (κ3) is 5.53. The Morgan fingerprint density at radius 2 is 2.00 bits per heavy atom. The highest BCUT2D eigenvalue weighted by Crippen LogP contribution is 2.33. The summed E-state index contributed by atoms with van der Waals surface area (Å²) in [6, 6.07) is 4.25. The van der Waals surface area contributed by atoms with E-state index in [1.54, 1.807) is 0 Å². The molecule has 2 rings (SSSR count). The first-order valence-corrected chi connectivity index (χ1v) is 8.91. The predicted molar refractivity (Wildman–Crippen MR) is 88.0 cm³/mol. The third-order valence-electron chi connectivity index (χ3n) is 3.86. The number of nitrogens with one attached hydrogen (secondary N) is 1. The maximum Gasteiger partial charge on any atom is 0.118 e. The molecule has 1 saturated carbocycles. The van der Waals surface area contributed by atoms with Gasteiger partial charge < -0.3 is 9.73 Å². The highest BCUT2D eigenvalue weighted by molar-refractivity contribution is 7.99. The Kier molecular flexibility index (Phi) is 5.62. The van der Waals surface area contributed by atoms with Crippen LogP contribution >= 0.6 is 11.8 Å². The highest BCUT2D eigenvalue weighted by atomic mass is 32.2. The standard InChI is InChI=1S/C17H29NOS/c1-13-6-5-7-16(10-13)20-12-15-9-8-14(19-15)11-18-17(2,3)4/h8-9,13,16,18H,5-7,10-12H2,1-4H3. The van der Waals surface area contributed by atoms with Crippen LogP contribution in [0.4, 0.5) is 0 Å². The van der Waals surface area contributed by atoms with E-state index in [0.29, 0.717) is 0 Å². The molecule has 1 aromatic heterocycles. The van der Waals surface area contributed by atoms with Gasteiger partial charge in [0.15, 0.2) is 0 Å². The monoisotopic (exact) mass is 295 g/mol. The molecule has 1 aliphatic carbocycles. The van der Waals surface area contributed by atoms with Crippen molar-refractivity contribution in [3.63, 3.8) is 0 Å². The van der Waals surface area contributed by atoms with Gasteiger partial charge in [0.1, 0.15) is 11.5 Å². The average molecular weight is 295 g/mol. The van der Waals surface area contributed by atoms with Crippen LogP contribution in [0.1, 0.15) is 64.9 Å². The molecule has 3 heteroatoms. The lowest BCUT2D eigenvalue weighted by molar-refractivity contribution is 0.381. The van der Waals surface area contributed by atoms with E-state index in [1.807, 2.05) is 0 Å². The van der Waals surface area contributed by atoms with Crippen molar-refractivity contribution in [1.82, 2.24) is 5.32 Å². The van der Waals surface area contributed by atoms with E-state index < -0.39 is 0 Å². The minimum absolute atomic E-state index is 0.139. The van der Waals surface area contributed by atoms with Gasteiger partial charge in [0.25, 0.3) is 0 Å². The Balaban J connectivity index is 1.75. The van der Waals surface area contributed by atoms with Gasteiger partial charge in [0.05, 0.1) is 12.3 Å². The molecule has 0 aromatic carbocycles. The second-order valence-electron chi connectivity index (χ2n) is 7.18. The molecule has 114 valence electrons. The molecule has 1 fully saturated rings. The fourth-order valence-corrected chi connectivity index (χ4v) is 4.03. The summed E-state index contributed by atoms with van der Waals surface area (Å²) in [6.07, 6.45) is 5.58. The Labute approximate surface area is 128 Å². The van der Waals surface area contributed by atoms with Crippen molar-refractivity contribution in [2.75, 3.05) is 0 Å². The van der Waals surface area contributed by atoms with E-state index >= 15 is 0 Å². The largest absolute Gasteiger partial charge is 0.464 e. The maximum absolute atomic E-state index is 5.91. The van der Waals surface area contributed by atoms with Gasteiger partial charge in [-0.25, -0.2) is 0 Å². The molecule has 0 radical (unpaired) electrons. The number of hydrogen-bond acceptors (Lipinski definition) is 3. The summed E-state index contributed by atoms with van der Waals surface area (Å²) in [5.74, 6) is 4.10. The summed E-state index contributed by atoms with van der Waals surface area (Å²) >= 11 is 2.08. The van der Waals surface area contributed by atoms with E-state index in [2.05, 4.69) is 56.9 Å². The minimum Gasteiger partial charge on any atom is -0.464 e. The van der Waals surface area contributed by atoms with Crippen LogP contribution in [0, 0.1) is 5.92 Å². The average Bonchev–Trinajstić information content (AvgIpc) is 2.81. The summed E-state index contributed by atoms with van der Waals surface area (Å²) < 4.78 is 5.91. The van der Waals surface area contributed by atoms with Gasteiger partial charge in [-0.15, -0.1) is 0 Å². The van der Waals surface area contributed by atoms with Gasteiger partial charge in [-0.1, -0.05) is 19.8 Å². The van der Waals surface area contributed by atoms with Gasteiger partial charge in [-0.3, -0.25) is 0 Å². The van der Waals surface area contributed by atoms with E-state index in [4.69, 9.17) is 4.42 Å². The van der Waals surface area contributed by atoms with Crippen molar-refractivity contribution in [2.45, 2.75) is 76.5 Å². The quantitative estimate of drug-likeness (QED) is 0.829. The fraction of sp³-hybridized carbons (Fsp3) is 0.765. The molecule has 2 nitrogen and oxygen atoms in total. The van der Waals surface area contributed by atoms with Crippen molar-refractivity contribution < 1.29 is 4.42 Å².